The largest absolute Gasteiger partial charge is 0.480 e. The van der Waals surface area contributed by atoms with Crippen LogP contribution in [0.2, 0.25) is 0 Å². The van der Waals surface area contributed by atoms with Crippen molar-refractivity contribution in [1.82, 2.24) is 20.1 Å². The summed E-state index contributed by atoms with van der Waals surface area (Å²) in [7, 11) is 0. The van der Waals surface area contributed by atoms with Crippen molar-refractivity contribution >= 4 is 11.9 Å². The van der Waals surface area contributed by atoms with E-state index in [1.54, 1.807) is 0 Å². The standard InChI is InChI=1S/C14H13F3N4O3/c1-7-18-12(13(22)19-10(14(23)24)6-11(16)17)20-21(7)9-4-2-8(15)3-5-9/h2-5,10-11H,6H2,1H3,(H,19,22)(H,23,24). The third-order valence-electron chi connectivity index (χ3n) is 3.06. The van der Waals surface area contributed by atoms with Gasteiger partial charge in [-0.15, -0.1) is 5.10 Å². The van der Waals surface area contributed by atoms with Gasteiger partial charge in [0.15, 0.2) is 0 Å². The quantitative estimate of drug-likeness (QED) is 0.830. The van der Waals surface area contributed by atoms with Crippen LogP contribution in [0.15, 0.2) is 24.3 Å². The first kappa shape index (κ1) is 17.4. The van der Waals surface area contributed by atoms with E-state index in [0.29, 0.717) is 5.69 Å². The number of benzene rings is 1. The lowest BCUT2D eigenvalue weighted by atomic mass is 10.2. The minimum absolute atomic E-state index is 0.285. The average Bonchev–Trinajstić information content (AvgIpc) is 2.89. The molecule has 0 aliphatic rings. The van der Waals surface area contributed by atoms with Crippen molar-refractivity contribution < 1.29 is 27.9 Å². The Bertz CT molecular complexity index is 746. The Morgan fingerprint density at radius 2 is 1.92 bits per heavy atom. The van der Waals surface area contributed by atoms with Gasteiger partial charge in [0.05, 0.1) is 5.69 Å². The smallest absolute Gasteiger partial charge is 0.326 e. The van der Waals surface area contributed by atoms with Crippen LogP contribution in [0, 0.1) is 12.7 Å². The molecule has 2 rings (SSSR count). The second kappa shape index (κ2) is 7.11. The maximum absolute atomic E-state index is 12.9. The van der Waals surface area contributed by atoms with Crippen LogP contribution in [0.1, 0.15) is 22.9 Å². The number of aromatic nitrogens is 3. The number of amides is 1. The van der Waals surface area contributed by atoms with Crippen LogP contribution in [0.5, 0.6) is 0 Å². The van der Waals surface area contributed by atoms with Crippen molar-refractivity contribution in [2.24, 2.45) is 0 Å². The van der Waals surface area contributed by atoms with E-state index in [2.05, 4.69) is 10.1 Å². The zero-order valence-electron chi connectivity index (χ0n) is 12.4. The highest BCUT2D eigenvalue weighted by atomic mass is 19.3. The van der Waals surface area contributed by atoms with Gasteiger partial charge in [-0.2, -0.15) is 0 Å². The number of nitrogens with one attached hydrogen (secondary N) is 1. The molecule has 7 nitrogen and oxygen atoms in total. The molecule has 0 fully saturated rings. The van der Waals surface area contributed by atoms with E-state index in [0.717, 1.165) is 0 Å². The number of carbonyl (C=O) groups is 2. The summed E-state index contributed by atoms with van der Waals surface area (Å²) in [6, 6.07) is 3.46. The number of hydrogen-bond donors (Lipinski definition) is 2. The number of aliphatic carboxylic acids is 1. The van der Waals surface area contributed by atoms with E-state index in [1.165, 1.54) is 35.9 Å². The molecule has 24 heavy (non-hydrogen) atoms. The molecule has 10 heteroatoms. The first-order valence-corrected chi connectivity index (χ1v) is 6.79. The van der Waals surface area contributed by atoms with Gasteiger partial charge in [0.25, 0.3) is 5.91 Å². The van der Waals surface area contributed by atoms with Gasteiger partial charge in [0.2, 0.25) is 12.2 Å². The lowest BCUT2D eigenvalue weighted by Gasteiger charge is -2.12. The minimum atomic E-state index is -2.89. The molecule has 0 radical (unpaired) electrons. The molecule has 0 aliphatic carbocycles. The summed E-state index contributed by atoms with van der Waals surface area (Å²) in [5.74, 6) is -3.12. The van der Waals surface area contributed by atoms with E-state index in [9.17, 15) is 22.8 Å². The van der Waals surface area contributed by atoms with Crippen LogP contribution in [0.25, 0.3) is 5.69 Å². The van der Waals surface area contributed by atoms with E-state index in [-0.39, 0.29) is 11.6 Å². The molecular weight excluding hydrogens is 329 g/mol. The molecular formula is C14H13F3N4O3. The zero-order chi connectivity index (χ0) is 17.9. The first-order valence-electron chi connectivity index (χ1n) is 6.79. The zero-order valence-corrected chi connectivity index (χ0v) is 12.4. The monoisotopic (exact) mass is 342 g/mol. The van der Waals surface area contributed by atoms with E-state index < -0.39 is 36.6 Å². The highest BCUT2D eigenvalue weighted by molar-refractivity contribution is 5.93. The molecule has 0 spiro atoms. The topological polar surface area (TPSA) is 97.1 Å². The number of hydrogen-bond acceptors (Lipinski definition) is 4. The molecule has 1 atom stereocenters. The Morgan fingerprint density at radius 3 is 2.46 bits per heavy atom. The lowest BCUT2D eigenvalue weighted by Crippen LogP contribution is -2.42. The molecule has 1 amide bonds. The number of carboxylic acids is 1. The van der Waals surface area contributed by atoms with Crippen LogP contribution in [0.3, 0.4) is 0 Å². The molecule has 1 heterocycles. The number of nitrogens with zero attached hydrogens (tertiary/aromatic N) is 3. The molecule has 0 saturated heterocycles. The Labute approximate surface area is 134 Å². The minimum Gasteiger partial charge on any atom is -0.480 e. The Kier molecular flexibility index (Phi) is 5.17. The third-order valence-corrected chi connectivity index (χ3v) is 3.06. The predicted molar refractivity (Wildman–Crippen MR) is 75.6 cm³/mol. The van der Waals surface area contributed by atoms with Gasteiger partial charge in [0, 0.05) is 6.42 Å². The molecule has 1 unspecified atom stereocenters. The van der Waals surface area contributed by atoms with E-state index >= 15 is 0 Å². The maximum Gasteiger partial charge on any atom is 0.326 e. The van der Waals surface area contributed by atoms with E-state index in [1.807, 2.05) is 5.32 Å². The highest BCUT2D eigenvalue weighted by Gasteiger charge is 2.26. The lowest BCUT2D eigenvalue weighted by molar-refractivity contribution is -0.140. The van der Waals surface area contributed by atoms with Crippen LogP contribution < -0.4 is 5.32 Å². The normalized spacial score (nSPS) is 12.2. The van der Waals surface area contributed by atoms with Gasteiger partial charge in [-0.25, -0.2) is 27.6 Å². The summed E-state index contributed by atoms with van der Waals surface area (Å²) in [6.07, 6.45) is -3.92. The second-order valence-electron chi connectivity index (χ2n) is 4.86. The number of halogens is 3. The third kappa shape index (κ3) is 4.09. The summed E-state index contributed by atoms with van der Waals surface area (Å²) in [4.78, 5) is 26.7. The number of rotatable bonds is 6. The molecule has 1 aromatic carbocycles. The fraction of sp³-hybridized carbons (Fsp3) is 0.286. The van der Waals surface area contributed by atoms with Crippen molar-refractivity contribution in [1.29, 1.82) is 0 Å². The van der Waals surface area contributed by atoms with Gasteiger partial charge >= 0.3 is 5.97 Å². The van der Waals surface area contributed by atoms with Crippen molar-refractivity contribution in [2.45, 2.75) is 25.8 Å². The second-order valence-corrected chi connectivity index (χ2v) is 4.86. The molecule has 0 bridgehead atoms. The predicted octanol–water partition coefficient (Wildman–Crippen LogP) is 1.55. The molecule has 2 N–H and O–H groups in total. The van der Waals surface area contributed by atoms with Gasteiger partial charge in [-0.3, -0.25) is 4.79 Å². The molecule has 128 valence electrons. The van der Waals surface area contributed by atoms with Crippen molar-refractivity contribution in [3.8, 4) is 5.69 Å². The van der Waals surface area contributed by atoms with Gasteiger partial charge < -0.3 is 10.4 Å². The summed E-state index contributed by atoms with van der Waals surface area (Å²) >= 11 is 0. The molecule has 0 saturated carbocycles. The summed E-state index contributed by atoms with van der Waals surface area (Å²) in [6.45, 7) is 1.53. The molecule has 1 aromatic heterocycles. The number of alkyl halides is 2. The van der Waals surface area contributed by atoms with Crippen LogP contribution in [-0.4, -0.2) is 44.2 Å². The number of aryl methyl sites for hydroxylation is 1. The fourth-order valence-electron chi connectivity index (χ4n) is 1.94. The Balaban J connectivity index is 2.20. The number of carboxylic acid groups (broad SMARTS) is 1. The van der Waals surface area contributed by atoms with Gasteiger partial charge in [0.1, 0.15) is 17.7 Å². The van der Waals surface area contributed by atoms with Crippen LogP contribution in [-0.2, 0) is 4.79 Å². The fourth-order valence-corrected chi connectivity index (χ4v) is 1.94. The Morgan fingerprint density at radius 1 is 1.29 bits per heavy atom. The van der Waals surface area contributed by atoms with Crippen molar-refractivity contribution in [3.63, 3.8) is 0 Å². The summed E-state index contributed by atoms with van der Waals surface area (Å²) < 4.78 is 38.9. The van der Waals surface area contributed by atoms with Gasteiger partial charge in [-0.05, 0) is 31.2 Å². The van der Waals surface area contributed by atoms with E-state index in [4.69, 9.17) is 5.11 Å². The van der Waals surface area contributed by atoms with Crippen LogP contribution in [0.4, 0.5) is 13.2 Å². The number of carbonyl (C=O) groups excluding carboxylic acids is 1. The highest BCUT2D eigenvalue weighted by Crippen LogP contribution is 2.11. The average molecular weight is 342 g/mol. The van der Waals surface area contributed by atoms with Gasteiger partial charge in [-0.1, -0.05) is 0 Å². The molecule has 2 aromatic rings. The Hall–Kier alpha value is -2.91. The van der Waals surface area contributed by atoms with Crippen molar-refractivity contribution in [2.75, 3.05) is 0 Å². The molecule has 0 aliphatic heterocycles. The van der Waals surface area contributed by atoms with Crippen LogP contribution >= 0.6 is 0 Å². The maximum atomic E-state index is 12.9. The SMILES string of the molecule is Cc1nc(C(=O)NC(CC(F)F)C(=O)O)nn1-c1ccc(F)cc1. The summed E-state index contributed by atoms with van der Waals surface area (Å²) in [5.41, 5.74) is 0.433. The first-order chi connectivity index (χ1) is 11.3. The van der Waals surface area contributed by atoms with Crippen molar-refractivity contribution in [3.05, 3.63) is 41.7 Å². The summed E-state index contributed by atoms with van der Waals surface area (Å²) in [5, 5.41) is 14.7.